The van der Waals surface area contributed by atoms with E-state index in [1.54, 1.807) is 0 Å². The van der Waals surface area contributed by atoms with Gasteiger partial charge in [0.1, 0.15) is 7.05 Å². The molecule has 66 valence electrons. The summed E-state index contributed by atoms with van der Waals surface area (Å²) < 4.78 is 17.9. The Morgan fingerprint density at radius 2 is 2.25 bits per heavy atom. The number of rotatable bonds is 2. The summed E-state index contributed by atoms with van der Waals surface area (Å²) in [5.41, 5.74) is 1.84. The van der Waals surface area contributed by atoms with Crippen molar-refractivity contribution in [2.45, 2.75) is 27.1 Å². The first-order valence-electron chi connectivity index (χ1n) is 5.32. The van der Waals surface area contributed by atoms with E-state index in [9.17, 15) is 0 Å². The van der Waals surface area contributed by atoms with Gasteiger partial charge in [-0.15, -0.1) is 0 Å². The molecule has 0 saturated heterocycles. The maximum absolute atomic E-state index is 7.95. The summed E-state index contributed by atoms with van der Waals surface area (Å²) in [6.07, 6.45) is 0.671. The number of hydrogen-bond donors (Lipinski definition) is 0. The SMILES string of the molecule is [2H]C([2H])(c1cc[n+](C)c(C)c1)C(C)C. The highest BCUT2D eigenvalue weighted by molar-refractivity contribution is 5.12. The maximum atomic E-state index is 7.95. The Hall–Kier alpha value is -0.850. The Morgan fingerprint density at radius 1 is 1.58 bits per heavy atom. The van der Waals surface area contributed by atoms with Crippen LogP contribution >= 0.6 is 0 Å². The summed E-state index contributed by atoms with van der Waals surface area (Å²) >= 11 is 0. The average Bonchev–Trinajstić information content (AvgIpc) is 2.09. The molecule has 0 fully saturated rings. The lowest BCUT2D eigenvalue weighted by Gasteiger charge is -2.03. The molecule has 0 aromatic carbocycles. The van der Waals surface area contributed by atoms with Crippen LogP contribution in [0.15, 0.2) is 18.3 Å². The van der Waals surface area contributed by atoms with Crippen molar-refractivity contribution in [1.29, 1.82) is 0 Å². The van der Waals surface area contributed by atoms with Gasteiger partial charge in [0.15, 0.2) is 11.9 Å². The first-order chi connectivity index (χ1) is 6.35. The van der Waals surface area contributed by atoms with Crippen molar-refractivity contribution in [2.75, 3.05) is 0 Å². The summed E-state index contributed by atoms with van der Waals surface area (Å²) in [7, 11) is 1.96. The first kappa shape index (κ1) is 6.64. The highest BCUT2D eigenvalue weighted by Crippen LogP contribution is 2.06. The predicted molar refractivity (Wildman–Crippen MR) is 50.9 cm³/mol. The summed E-state index contributed by atoms with van der Waals surface area (Å²) in [6.45, 7) is 5.80. The number of hydrogen-bond acceptors (Lipinski definition) is 0. The number of nitrogens with zero attached hydrogens (tertiary/aromatic N) is 1. The lowest BCUT2D eigenvalue weighted by Crippen LogP contribution is -2.31. The minimum atomic E-state index is -1.24. The maximum Gasteiger partial charge on any atom is 0.178 e. The van der Waals surface area contributed by atoms with E-state index in [4.69, 9.17) is 2.74 Å². The Kier molecular flexibility index (Phi) is 2.05. The molecular formula is C11H18N+. The lowest BCUT2D eigenvalue weighted by molar-refractivity contribution is -0.677. The molecule has 1 heteroatoms. The molecule has 0 amide bonds. The van der Waals surface area contributed by atoms with Gasteiger partial charge in [0.05, 0.1) is 0 Å². The molecule has 0 saturated carbocycles. The third-order valence-electron chi connectivity index (χ3n) is 1.85. The van der Waals surface area contributed by atoms with Crippen molar-refractivity contribution in [3.05, 3.63) is 29.6 Å². The van der Waals surface area contributed by atoms with E-state index in [0.717, 1.165) is 11.3 Å². The van der Waals surface area contributed by atoms with E-state index in [1.165, 1.54) is 0 Å². The molecule has 1 heterocycles. The second-order valence-electron chi connectivity index (χ2n) is 3.47. The number of aromatic nitrogens is 1. The Morgan fingerprint density at radius 3 is 2.75 bits per heavy atom. The van der Waals surface area contributed by atoms with Gasteiger partial charge in [-0.05, 0) is 17.9 Å². The van der Waals surface area contributed by atoms with E-state index in [-0.39, 0.29) is 5.92 Å². The Labute approximate surface area is 77.9 Å². The van der Waals surface area contributed by atoms with Gasteiger partial charge < -0.3 is 0 Å². The van der Waals surface area contributed by atoms with E-state index >= 15 is 0 Å². The van der Waals surface area contributed by atoms with Gasteiger partial charge in [0.2, 0.25) is 0 Å². The van der Waals surface area contributed by atoms with Crippen molar-refractivity contribution >= 4 is 0 Å². The largest absolute Gasteiger partial charge is 0.205 e. The molecule has 1 nitrogen and oxygen atoms in total. The van der Waals surface area contributed by atoms with Crippen molar-refractivity contribution in [3.63, 3.8) is 0 Å². The summed E-state index contributed by atoms with van der Waals surface area (Å²) in [5, 5.41) is 0. The molecule has 12 heavy (non-hydrogen) atoms. The van der Waals surface area contributed by atoms with Crippen LogP contribution in [-0.2, 0) is 13.4 Å². The summed E-state index contributed by atoms with van der Waals surface area (Å²) in [5.74, 6) is -0.00499. The minimum Gasteiger partial charge on any atom is -0.205 e. The van der Waals surface area contributed by atoms with Gasteiger partial charge in [-0.1, -0.05) is 13.8 Å². The Balaban J connectivity index is 3.14. The van der Waals surface area contributed by atoms with Gasteiger partial charge in [-0.25, -0.2) is 4.57 Å². The van der Waals surface area contributed by atoms with E-state index in [1.807, 2.05) is 50.7 Å². The van der Waals surface area contributed by atoms with Crippen LogP contribution in [0.25, 0.3) is 0 Å². The van der Waals surface area contributed by atoms with Crippen LogP contribution in [0.5, 0.6) is 0 Å². The smallest absolute Gasteiger partial charge is 0.178 e. The zero-order valence-corrected chi connectivity index (χ0v) is 8.26. The van der Waals surface area contributed by atoms with E-state index in [0.29, 0.717) is 0 Å². The van der Waals surface area contributed by atoms with E-state index in [2.05, 4.69) is 0 Å². The molecule has 0 unspecified atom stereocenters. The van der Waals surface area contributed by atoms with Crippen LogP contribution in [0, 0.1) is 12.8 Å². The van der Waals surface area contributed by atoms with Gasteiger partial charge in [-0.2, -0.15) is 0 Å². The topological polar surface area (TPSA) is 3.88 Å². The molecule has 0 spiro atoms. The van der Waals surface area contributed by atoms with Gasteiger partial charge in [0, 0.05) is 21.8 Å². The third kappa shape index (κ3) is 2.33. The fourth-order valence-corrected chi connectivity index (χ4v) is 1.11. The second kappa shape index (κ2) is 3.70. The van der Waals surface area contributed by atoms with E-state index < -0.39 is 6.37 Å². The molecule has 1 rings (SSSR count). The second-order valence-corrected chi connectivity index (χ2v) is 3.47. The molecule has 1 aromatic rings. The Bertz CT molecular complexity index is 332. The predicted octanol–water partition coefficient (Wildman–Crippen LogP) is 2.02. The number of aryl methyl sites for hydroxylation is 2. The highest BCUT2D eigenvalue weighted by atomic mass is 14.9. The quantitative estimate of drug-likeness (QED) is 0.592. The average molecular weight is 166 g/mol. The van der Waals surface area contributed by atoms with Crippen LogP contribution in [0.4, 0.5) is 0 Å². The van der Waals surface area contributed by atoms with Crippen molar-refractivity contribution < 1.29 is 7.31 Å². The third-order valence-corrected chi connectivity index (χ3v) is 1.85. The van der Waals surface area contributed by atoms with Crippen LogP contribution in [0.2, 0.25) is 0 Å². The van der Waals surface area contributed by atoms with Crippen molar-refractivity contribution in [1.82, 2.24) is 0 Å². The van der Waals surface area contributed by atoms with Crippen LogP contribution in [-0.4, -0.2) is 0 Å². The molecule has 0 aliphatic heterocycles. The fourth-order valence-electron chi connectivity index (χ4n) is 1.11. The van der Waals surface area contributed by atoms with Gasteiger partial charge >= 0.3 is 0 Å². The van der Waals surface area contributed by atoms with Gasteiger partial charge in [0.25, 0.3) is 0 Å². The van der Waals surface area contributed by atoms with Crippen molar-refractivity contribution in [2.24, 2.45) is 13.0 Å². The first-order valence-corrected chi connectivity index (χ1v) is 4.32. The molecule has 0 N–H and O–H groups in total. The lowest BCUT2D eigenvalue weighted by atomic mass is 10.0. The molecule has 1 aromatic heterocycles. The van der Waals surface area contributed by atoms with Crippen LogP contribution in [0.1, 0.15) is 27.8 Å². The molecule has 0 bridgehead atoms. The zero-order chi connectivity index (χ0) is 10.9. The number of pyridine rings is 1. The standard InChI is InChI=1S/C11H18N/c1-9(2)7-11-5-6-12(4)10(3)8-11/h5-6,8-9H,7H2,1-4H3/q+1/i7D2. The summed E-state index contributed by atoms with van der Waals surface area (Å²) in [6, 6.07) is 3.77. The summed E-state index contributed by atoms with van der Waals surface area (Å²) in [4.78, 5) is 0. The molecule has 0 aliphatic rings. The van der Waals surface area contributed by atoms with Crippen LogP contribution in [0.3, 0.4) is 0 Å². The molecular weight excluding hydrogens is 146 g/mol. The molecule has 0 aliphatic carbocycles. The minimum absolute atomic E-state index is 0.00499. The highest BCUT2D eigenvalue weighted by Gasteiger charge is 2.03. The molecule has 0 radical (unpaired) electrons. The molecule has 0 atom stereocenters. The van der Waals surface area contributed by atoms with Gasteiger partial charge in [-0.3, -0.25) is 0 Å². The fraction of sp³-hybridized carbons (Fsp3) is 0.545. The van der Waals surface area contributed by atoms with Crippen LogP contribution < -0.4 is 4.57 Å². The normalized spacial score (nSPS) is 14.4. The monoisotopic (exact) mass is 166 g/mol. The van der Waals surface area contributed by atoms with Crippen molar-refractivity contribution in [3.8, 4) is 0 Å². The zero-order valence-electron chi connectivity index (χ0n) is 10.3.